The van der Waals surface area contributed by atoms with Gasteiger partial charge in [0.25, 0.3) is 11.1 Å². The maximum absolute atomic E-state index is 12.6. The van der Waals surface area contributed by atoms with Crippen molar-refractivity contribution in [3.63, 3.8) is 0 Å². The van der Waals surface area contributed by atoms with Gasteiger partial charge in [-0.05, 0) is 37.2 Å². The molecule has 0 aliphatic carbocycles. The Labute approximate surface area is 149 Å². The smallest absolute Gasteiger partial charge is 0.293 e. The number of carbonyl (C=O) groups is 3. The molecule has 0 radical (unpaired) electrons. The van der Waals surface area contributed by atoms with Gasteiger partial charge in [0.15, 0.2) is 0 Å². The fourth-order valence-corrected chi connectivity index (χ4v) is 3.79. The van der Waals surface area contributed by atoms with E-state index in [0.717, 1.165) is 28.2 Å². The van der Waals surface area contributed by atoms with Crippen molar-refractivity contribution in [3.05, 3.63) is 40.9 Å². The van der Waals surface area contributed by atoms with Crippen LogP contribution < -0.4 is 5.73 Å². The summed E-state index contributed by atoms with van der Waals surface area (Å²) in [4.78, 5) is 37.7. The molecule has 1 saturated heterocycles. The molecule has 2 aromatic rings. The fraction of sp³-hybridized carbons (Fsp3) is 0.278. The van der Waals surface area contributed by atoms with E-state index in [1.54, 1.807) is 16.8 Å². The zero-order chi connectivity index (χ0) is 18.1. The third-order valence-electron chi connectivity index (χ3n) is 4.29. The third kappa shape index (κ3) is 3.19. The number of rotatable bonds is 5. The molecular formula is C18H19N3O3S. The summed E-state index contributed by atoms with van der Waals surface area (Å²) in [5.74, 6) is -0.708. The predicted octanol–water partition coefficient (Wildman–Crippen LogP) is 2.96. The van der Waals surface area contributed by atoms with Gasteiger partial charge in [-0.15, -0.1) is 0 Å². The number of para-hydroxylation sites is 1. The summed E-state index contributed by atoms with van der Waals surface area (Å²) in [5.41, 5.74) is 6.95. The van der Waals surface area contributed by atoms with Crippen LogP contribution in [0.3, 0.4) is 0 Å². The average molecular weight is 357 g/mol. The Morgan fingerprint density at radius 1 is 1.32 bits per heavy atom. The number of aromatic nitrogens is 1. The molecule has 1 aromatic heterocycles. The minimum absolute atomic E-state index is 0.0582. The van der Waals surface area contributed by atoms with Crippen molar-refractivity contribution in [2.45, 2.75) is 32.9 Å². The number of amides is 3. The van der Waals surface area contributed by atoms with Gasteiger partial charge >= 0.3 is 0 Å². The van der Waals surface area contributed by atoms with E-state index in [9.17, 15) is 14.4 Å². The largest absolute Gasteiger partial charge is 0.368 e. The van der Waals surface area contributed by atoms with E-state index < -0.39 is 5.91 Å². The van der Waals surface area contributed by atoms with Crippen LogP contribution in [-0.2, 0) is 16.1 Å². The quantitative estimate of drug-likeness (QED) is 0.834. The van der Waals surface area contributed by atoms with Crippen LogP contribution in [0.4, 0.5) is 4.79 Å². The first-order chi connectivity index (χ1) is 11.9. The third-order valence-corrected chi connectivity index (χ3v) is 5.17. The zero-order valence-electron chi connectivity index (χ0n) is 14.1. The standard InChI is InChI=1S/C18H19N3O3S/c1-3-11(2)21-17(23)15(25-18(21)24)8-12-9-20(10-16(19)22)14-7-5-4-6-13(12)14/h4-9,11H,3,10H2,1-2H3,(H2,19,22)/b15-8+/t11-/m0/s1. The van der Waals surface area contributed by atoms with Gasteiger partial charge in [-0.2, -0.15) is 0 Å². The van der Waals surface area contributed by atoms with E-state index >= 15 is 0 Å². The average Bonchev–Trinajstić information content (AvgIpc) is 3.05. The van der Waals surface area contributed by atoms with Crippen molar-refractivity contribution in [1.82, 2.24) is 9.47 Å². The number of primary amides is 1. The van der Waals surface area contributed by atoms with E-state index in [4.69, 9.17) is 5.73 Å². The summed E-state index contributed by atoms with van der Waals surface area (Å²) >= 11 is 0.950. The summed E-state index contributed by atoms with van der Waals surface area (Å²) in [7, 11) is 0. The zero-order valence-corrected chi connectivity index (χ0v) is 14.9. The van der Waals surface area contributed by atoms with E-state index in [1.165, 1.54) is 4.90 Å². The Morgan fingerprint density at radius 3 is 2.72 bits per heavy atom. The lowest BCUT2D eigenvalue weighted by Crippen LogP contribution is -2.36. The van der Waals surface area contributed by atoms with Gasteiger partial charge in [0.05, 0.1) is 4.91 Å². The summed E-state index contributed by atoms with van der Waals surface area (Å²) < 4.78 is 1.75. The predicted molar refractivity (Wildman–Crippen MR) is 98.7 cm³/mol. The molecule has 7 heteroatoms. The number of nitrogens with zero attached hydrogens (tertiary/aromatic N) is 2. The van der Waals surface area contributed by atoms with Gasteiger partial charge in [0.2, 0.25) is 5.91 Å². The number of nitrogens with two attached hydrogens (primary N) is 1. The minimum Gasteiger partial charge on any atom is -0.368 e. The van der Waals surface area contributed by atoms with Gasteiger partial charge in [-0.25, -0.2) is 0 Å². The molecule has 1 fully saturated rings. The second kappa shape index (κ2) is 6.76. The number of imide groups is 1. The van der Waals surface area contributed by atoms with Gasteiger partial charge in [0, 0.05) is 28.7 Å². The highest BCUT2D eigenvalue weighted by Crippen LogP contribution is 2.35. The summed E-state index contributed by atoms with van der Waals surface area (Å²) in [6.07, 6.45) is 4.21. The molecule has 0 saturated carbocycles. The van der Waals surface area contributed by atoms with Crippen molar-refractivity contribution in [2.75, 3.05) is 0 Å². The number of fused-ring (bicyclic) bond motifs is 1. The van der Waals surface area contributed by atoms with E-state index in [1.807, 2.05) is 38.1 Å². The number of benzene rings is 1. The second-order valence-corrected chi connectivity index (χ2v) is 7.00. The molecule has 1 atom stereocenters. The van der Waals surface area contributed by atoms with Gasteiger partial charge in [0.1, 0.15) is 6.54 Å². The van der Waals surface area contributed by atoms with Crippen molar-refractivity contribution in [1.29, 1.82) is 0 Å². The van der Waals surface area contributed by atoms with Gasteiger partial charge in [-0.3, -0.25) is 19.3 Å². The monoisotopic (exact) mass is 357 g/mol. The lowest BCUT2D eigenvalue weighted by Gasteiger charge is -2.19. The number of hydrogen-bond donors (Lipinski definition) is 1. The first kappa shape index (κ1) is 17.3. The van der Waals surface area contributed by atoms with Crippen LogP contribution in [0.15, 0.2) is 35.4 Å². The van der Waals surface area contributed by atoms with Crippen LogP contribution in [0.25, 0.3) is 17.0 Å². The number of thioether (sulfide) groups is 1. The molecule has 3 rings (SSSR count). The molecule has 0 unspecified atom stereocenters. The van der Waals surface area contributed by atoms with Crippen LogP contribution in [0.5, 0.6) is 0 Å². The summed E-state index contributed by atoms with van der Waals surface area (Å²) in [6.45, 7) is 3.86. The second-order valence-electron chi connectivity index (χ2n) is 6.00. The molecule has 0 spiro atoms. The van der Waals surface area contributed by atoms with Crippen LogP contribution in [-0.4, -0.2) is 32.6 Å². The van der Waals surface area contributed by atoms with Crippen molar-refractivity contribution < 1.29 is 14.4 Å². The maximum Gasteiger partial charge on any atom is 0.293 e. The molecule has 1 aromatic carbocycles. The maximum atomic E-state index is 12.6. The molecule has 25 heavy (non-hydrogen) atoms. The van der Waals surface area contributed by atoms with Crippen LogP contribution in [0.1, 0.15) is 25.8 Å². The molecule has 1 aliphatic heterocycles. The van der Waals surface area contributed by atoms with Crippen LogP contribution in [0.2, 0.25) is 0 Å². The van der Waals surface area contributed by atoms with Crippen LogP contribution in [0, 0.1) is 0 Å². The van der Waals surface area contributed by atoms with E-state index in [0.29, 0.717) is 11.3 Å². The Morgan fingerprint density at radius 2 is 2.04 bits per heavy atom. The molecule has 6 nitrogen and oxygen atoms in total. The van der Waals surface area contributed by atoms with E-state index in [-0.39, 0.29) is 23.7 Å². The lowest BCUT2D eigenvalue weighted by atomic mass is 10.1. The van der Waals surface area contributed by atoms with Crippen molar-refractivity contribution in [3.8, 4) is 0 Å². The van der Waals surface area contributed by atoms with Gasteiger partial charge < -0.3 is 10.3 Å². The lowest BCUT2D eigenvalue weighted by molar-refractivity contribution is -0.124. The Balaban J connectivity index is 2.03. The van der Waals surface area contributed by atoms with Gasteiger partial charge in [-0.1, -0.05) is 25.1 Å². The van der Waals surface area contributed by atoms with Crippen molar-refractivity contribution in [2.24, 2.45) is 5.73 Å². The molecule has 1 aliphatic rings. The Hall–Kier alpha value is -2.54. The Kier molecular flexibility index (Phi) is 4.67. The summed E-state index contributed by atoms with van der Waals surface area (Å²) in [6, 6.07) is 7.44. The summed E-state index contributed by atoms with van der Waals surface area (Å²) in [5, 5.41) is 0.658. The molecule has 3 amide bonds. The normalized spacial score (nSPS) is 17.7. The SMILES string of the molecule is CC[C@H](C)N1C(=O)S/C(=C/c2cn(CC(N)=O)c3ccccc23)C1=O. The first-order valence-corrected chi connectivity index (χ1v) is 8.87. The fourth-order valence-electron chi connectivity index (χ4n) is 2.87. The molecule has 0 bridgehead atoms. The van der Waals surface area contributed by atoms with Crippen LogP contribution >= 0.6 is 11.8 Å². The highest BCUT2D eigenvalue weighted by atomic mass is 32.2. The number of carbonyl (C=O) groups excluding carboxylic acids is 3. The topological polar surface area (TPSA) is 85.4 Å². The number of hydrogen-bond acceptors (Lipinski definition) is 4. The highest BCUT2D eigenvalue weighted by molar-refractivity contribution is 8.18. The van der Waals surface area contributed by atoms with E-state index in [2.05, 4.69) is 0 Å². The van der Waals surface area contributed by atoms with Crippen molar-refractivity contribution >= 4 is 45.8 Å². The first-order valence-electron chi connectivity index (χ1n) is 8.05. The Bertz CT molecular complexity index is 900. The molecule has 2 N–H and O–H groups in total. The minimum atomic E-state index is -0.440. The molecular weight excluding hydrogens is 338 g/mol. The molecule has 130 valence electrons. The highest BCUT2D eigenvalue weighted by Gasteiger charge is 2.37. The molecule has 2 heterocycles.